The average molecular weight is 273 g/mol. The normalized spacial score (nSPS) is 11.2. The standard InChI is InChI=1S/C16H19NO3/c1-16(2,12-17)9-4-10-20-14-6-3-5-13(11-14)7-8-15(18)19/h3,5-8,11H,4,9-10H2,1-2H3,(H,18,19). The van der Waals surface area contributed by atoms with Crippen LogP contribution in [-0.4, -0.2) is 17.7 Å². The van der Waals surface area contributed by atoms with Crippen molar-refractivity contribution in [1.29, 1.82) is 5.26 Å². The number of hydrogen-bond acceptors (Lipinski definition) is 3. The van der Waals surface area contributed by atoms with Crippen LogP contribution in [0.2, 0.25) is 0 Å². The minimum absolute atomic E-state index is 0.324. The molecule has 0 bridgehead atoms. The number of hydrogen-bond donors (Lipinski definition) is 1. The van der Waals surface area contributed by atoms with Gasteiger partial charge in [-0.25, -0.2) is 4.79 Å². The number of carbonyl (C=O) groups is 1. The van der Waals surface area contributed by atoms with E-state index in [-0.39, 0.29) is 5.41 Å². The molecule has 0 aromatic heterocycles. The second-order valence-electron chi connectivity index (χ2n) is 5.19. The van der Waals surface area contributed by atoms with Crippen molar-refractivity contribution in [2.24, 2.45) is 5.41 Å². The van der Waals surface area contributed by atoms with Crippen molar-refractivity contribution in [3.63, 3.8) is 0 Å². The molecule has 0 amide bonds. The molecule has 0 heterocycles. The van der Waals surface area contributed by atoms with Gasteiger partial charge in [-0.3, -0.25) is 0 Å². The molecular formula is C16H19NO3. The Morgan fingerprint density at radius 1 is 1.50 bits per heavy atom. The van der Waals surface area contributed by atoms with Crippen molar-refractivity contribution < 1.29 is 14.6 Å². The summed E-state index contributed by atoms with van der Waals surface area (Å²) in [4.78, 5) is 10.4. The second kappa shape index (κ2) is 7.34. The summed E-state index contributed by atoms with van der Waals surface area (Å²) < 4.78 is 5.60. The third kappa shape index (κ3) is 6.05. The van der Waals surface area contributed by atoms with Crippen molar-refractivity contribution in [2.45, 2.75) is 26.7 Å². The third-order valence-corrected chi connectivity index (χ3v) is 2.79. The molecule has 4 nitrogen and oxygen atoms in total. The lowest BCUT2D eigenvalue weighted by molar-refractivity contribution is -0.131. The van der Waals surface area contributed by atoms with Crippen LogP contribution in [0.1, 0.15) is 32.3 Å². The molecule has 0 saturated heterocycles. The number of carboxylic acid groups (broad SMARTS) is 1. The summed E-state index contributed by atoms with van der Waals surface area (Å²) in [6, 6.07) is 9.50. The molecule has 0 radical (unpaired) electrons. The van der Waals surface area contributed by atoms with Crippen molar-refractivity contribution in [1.82, 2.24) is 0 Å². The van der Waals surface area contributed by atoms with Crippen LogP contribution in [0.4, 0.5) is 0 Å². The van der Waals surface area contributed by atoms with E-state index in [1.807, 2.05) is 32.0 Å². The summed E-state index contributed by atoms with van der Waals surface area (Å²) in [7, 11) is 0. The first-order chi connectivity index (χ1) is 9.43. The first-order valence-electron chi connectivity index (χ1n) is 6.48. The summed E-state index contributed by atoms with van der Waals surface area (Å²) in [6.07, 6.45) is 4.19. The average Bonchev–Trinajstić information content (AvgIpc) is 2.42. The van der Waals surface area contributed by atoms with E-state index in [0.29, 0.717) is 12.4 Å². The van der Waals surface area contributed by atoms with Crippen LogP contribution in [0.3, 0.4) is 0 Å². The van der Waals surface area contributed by atoms with E-state index in [1.54, 1.807) is 6.07 Å². The zero-order valence-corrected chi connectivity index (χ0v) is 11.8. The minimum atomic E-state index is -0.977. The maximum atomic E-state index is 10.4. The number of aliphatic carboxylic acids is 1. The van der Waals surface area contributed by atoms with Gasteiger partial charge >= 0.3 is 5.97 Å². The number of carboxylic acids is 1. The lowest BCUT2D eigenvalue weighted by Crippen LogP contribution is -2.10. The van der Waals surface area contributed by atoms with Gasteiger partial charge < -0.3 is 9.84 Å². The topological polar surface area (TPSA) is 70.3 Å². The van der Waals surface area contributed by atoms with Gasteiger partial charge in [-0.05, 0) is 50.5 Å². The number of benzene rings is 1. The fraction of sp³-hybridized carbons (Fsp3) is 0.375. The molecule has 20 heavy (non-hydrogen) atoms. The van der Waals surface area contributed by atoms with Crippen LogP contribution in [0, 0.1) is 16.7 Å². The molecule has 0 aliphatic heterocycles. The van der Waals surface area contributed by atoms with Gasteiger partial charge in [0.05, 0.1) is 18.1 Å². The number of nitrogens with zero attached hydrogens (tertiary/aromatic N) is 1. The number of nitriles is 1. The summed E-state index contributed by atoms with van der Waals surface area (Å²) >= 11 is 0. The molecule has 0 fully saturated rings. The molecule has 106 valence electrons. The smallest absolute Gasteiger partial charge is 0.328 e. The van der Waals surface area contributed by atoms with E-state index in [9.17, 15) is 4.79 Å². The van der Waals surface area contributed by atoms with Gasteiger partial charge in [0.25, 0.3) is 0 Å². The summed E-state index contributed by atoms with van der Waals surface area (Å²) in [6.45, 7) is 4.35. The molecule has 1 rings (SSSR count). The van der Waals surface area contributed by atoms with Crippen molar-refractivity contribution >= 4 is 12.0 Å². The SMILES string of the molecule is CC(C)(C#N)CCCOc1cccc(C=CC(=O)O)c1. The van der Waals surface area contributed by atoms with E-state index < -0.39 is 5.97 Å². The third-order valence-electron chi connectivity index (χ3n) is 2.79. The van der Waals surface area contributed by atoms with Gasteiger partial charge in [0.15, 0.2) is 0 Å². The number of ether oxygens (including phenoxy) is 1. The largest absolute Gasteiger partial charge is 0.494 e. The Balaban J connectivity index is 2.47. The Kier molecular flexibility index (Phi) is 5.79. The highest BCUT2D eigenvalue weighted by atomic mass is 16.5. The molecule has 0 aliphatic carbocycles. The first kappa shape index (κ1) is 15.8. The first-order valence-corrected chi connectivity index (χ1v) is 6.48. The summed E-state index contributed by atoms with van der Waals surface area (Å²) in [5, 5.41) is 17.5. The monoisotopic (exact) mass is 273 g/mol. The molecule has 0 aliphatic rings. The van der Waals surface area contributed by atoms with Gasteiger partial charge in [-0.2, -0.15) is 5.26 Å². The van der Waals surface area contributed by atoms with E-state index in [1.165, 1.54) is 6.08 Å². The van der Waals surface area contributed by atoms with E-state index >= 15 is 0 Å². The molecular weight excluding hydrogens is 254 g/mol. The Bertz CT molecular complexity index is 527. The Hall–Kier alpha value is -2.28. The van der Waals surface area contributed by atoms with Gasteiger partial charge in [0, 0.05) is 6.08 Å². The van der Waals surface area contributed by atoms with Crippen LogP contribution in [-0.2, 0) is 4.79 Å². The highest BCUT2D eigenvalue weighted by molar-refractivity contribution is 5.85. The molecule has 1 aromatic carbocycles. The lowest BCUT2D eigenvalue weighted by atomic mass is 9.90. The minimum Gasteiger partial charge on any atom is -0.494 e. The van der Waals surface area contributed by atoms with Crippen molar-refractivity contribution in [2.75, 3.05) is 6.61 Å². The molecule has 0 unspecified atom stereocenters. The van der Waals surface area contributed by atoms with E-state index in [2.05, 4.69) is 6.07 Å². The van der Waals surface area contributed by atoms with Gasteiger partial charge in [-0.1, -0.05) is 12.1 Å². The quantitative estimate of drug-likeness (QED) is 0.609. The van der Waals surface area contributed by atoms with Crippen LogP contribution < -0.4 is 4.74 Å². The van der Waals surface area contributed by atoms with Crippen LogP contribution in [0.25, 0.3) is 6.08 Å². The fourth-order valence-electron chi connectivity index (χ4n) is 1.64. The predicted octanol–water partition coefficient (Wildman–Crippen LogP) is 3.49. The van der Waals surface area contributed by atoms with E-state index in [4.69, 9.17) is 15.1 Å². The predicted molar refractivity (Wildman–Crippen MR) is 77.2 cm³/mol. The molecule has 4 heteroatoms. The van der Waals surface area contributed by atoms with Gasteiger partial charge in [0.1, 0.15) is 5.75 Å². The second-order valence-corrected chi connectivity index (χ2v) is 5.19. The highest BCUT2D eigenvalue weighted by Crippen LogP contribution is 2.21. The van der Waals surface area contributed by atoms with Gasteiger partial charge in [-0.15, -0.1) is 0 Å². The Labute approximate surface area is 119 Å². The van der Waals surface area contributed by atoms with Crippen molar-refractivity contribution in [3.8, 4) is 11.8 Å². The molecule has 0 spiro atoms. The zero-order valence-electron chi connectivity index (χ0n) is 11.8. The van der Waals surface area contributed by atoms with Gasteiger partial charge in [0.2, 0.25) is 0 Å². The number of rotatable bonds is 7. The van der Waals surface area contributed by atoms with Crippen LogP contribution >= 0.6 is 0 Å². The van der Waals surface area contributed by atoms with Crippen LogP contribution in [0.5, 0.6) is 5.75 Å². The maximum Gasteiger partial charge on any atom is 0.328 e. The molecule has 0 saturated carbocycles. The summed E-state index contributed by atoms with van der Waals surface area (Å²) in [5.41, 5.74) is 0.456. The maximum absolute atomic E-state index is 10.4. The Morgan fingerprint density at radius 2 is 2.25 bits per heavy atom. The Morgan fingerprint density at radius 3 is 2.90 bits per heavy atom. The fourth-order valence-corrected chi connectivity index (χ4v) is 1.64. The molecule has 1 aromatic rings. The highest BCUT2D eigenvalue weighted by Gasteiger charge is 2.15. The van der Waals surface area contributed by atoms with Crippen LogP contribution in [0.15, 0.2) is 30.3 Å². The van der Waals surface area contributed by atoms with Crippen molar-refractivity contribution in [3.05, 3.63) is 35.9 Å². The molecule has 1 N–H and O–H groups in total. The zero-order chi connectivity index (χ0) is 15.0. The summed E-state index contributed by atoms with van der Waals surface area (Å²) in [5.74, 6) is -0.276. The molecule has 0 atom stereocenters. The lowest BCUT2D eigenvalue weighted by Gasteiger charge is -2.14. The van der Waals surface area contributed by atoms with E-state index in [0.717, 1.165) is 24.5 Å².